The minimum Gasteiger partial charge on any atom is -0.348 e. The number of carbonyl (C=O) groups excluding carboxylic acids is 1. The summed E-state index contributed by atoms with van der Waals surface area (Å²) in [5.41, 5.74) is 1.58. The van der Waals surface area contributed by atoms with Gasteiger partial charge in [-0.3, -0.25) is 9.48 Å². The highest BCUT2D eigenvalue weighted by molar-refractivity contribution is 5.92. The smallest absolute Gasteiger partial charge is 0.272 e. The predicted octanol–water partition coefficient (Wildman–Crippen LogP) is 2.44. The van der Waals surface area contributed by atoms with Crippen LogP contribution in [-0.2, 0) is 0 Å². The Morgan fingerprint density at radius 3 is 2.65 bits per heavy atom. The third kappa shape index (κ3) is 2.68. The van der Waals surface area contributed by atoms with Gasteiger partial charge in [0.1, 0.15) is 5.69 Å². The van der Waals surface area contributed by atoms with E-state index >= 15 is 0 Å². The van der Waals surface area contributed by atoms with E-state index in [0.717, 1.165) is 18.5 Å². The summed E-state index contributed by atoms with van der Waals surface area (Å²) in [6.45, 7) is 6.12. The molecular weight excluding hydrogens is 214 g/mol. The summed E-state index contributed by atoms with van der Waals surface area (Å²) in [4.78, 5) is 12.0. The number of aromatic nitrogens is 2. The summed E-state index contributed by atoms with van der Waals surface area (Å²) in [5.74, 6) is -0.0283. The molecule has 0 saturated heterocycles. The van der Waals surface area contributed by atoms with Crippen molar-refractivity contribution in [3.05, 3.63) is 17.5 Å². The van der Waals surface area contributed by atoms with Gasteiger partial charge in [0.15, 0.2) is 0 Å². The van der Waals surface area contributed by atoms with E-state index in [2.05, 4.69) is 24.3 Å². The van der Waals surface area contributed by atoms with Gasteiger partial charge in [-0.25, -0.2) is 0 Å². The number of aryl methyl sites for hydroxylation is 1. The number of nitrogens with one attached hydrogen (secondary N) is 1. The molecule has 1 heterocycles. The van der Waals surface area contributed by atoms with E-state index in [1.165, 1.54) is 12.8 Å². The zero-order valence-electron chi connectivity index (χ0n) is 10.9. The number of amides is 1. The molecule has 1 aromatic rings. The van der Waals surface area contributed by atoms with Crippen LogP contribution < -0.4 is 5.32 Å². The molecule has 1 aliphatic carbocycles. The SMILES string of the molecule is Cc1cc(C(=O)NC2CCCC2)nn1C(C)C. The normalized spacial score (nSPS) is 16.7. The Morgan fingerprint density at radius 2 is 2.12 bits per heavy atom. The number of hydrogen-bond acceptors (Lipinski definition) is 2. The lowest BCUT2D eigenvalue weighted by atomic mass is 10.2. The van der Waals surface area contributed by atoms with Crippen LogP contribution in [0.2, 0.25) is 0 Å². The summed E-state index contributed by atoms with van der Waals surface area (Å²) in [5, 5.41) is 7.42. The minimum absolute atomic E-state index is 0.0283. The molecule has 0 unspecified atom stereocenters. The number of carbonyl (C=O) groups is 1. The van der Waals surface area contributed by atoms with Crippen LogP contribution in [-0.4, -0.2) is 21.7 Å². The predicted molar refractivity (Wildman–Crippen MR) is 67.1 cm³/mol. The first-order valence-corrected chi connectivity index (χ1v) is 6.45. The van der Waals surface area contributed by atoms with Gasteiger partial charge in [-0.15, -0.1) is 0 Å². The lowest BCUT2D eigenvalue weighted by Crippen LogP contribution is -2.32. The second kappa shape index (κ2) is 4.90. The van der Waals surface area contributed by atoms with Crippen molar-refractivity contribution in [3.8, 4) is 0 Å². The van der Waals surface area contributed by atoms with Gasteiger partial charge >= 0.3 is 0 Å². The van der Waals surface area contributed by atoms with Crippen molar-refractivity contribution in [2.24, 2.45) is 0 Å². The lowest BCUT2D eigenvalue weighted by molar-refractivity contribution is 0.0932. The monoisotopic (exact) mass is 235 g/mol. The van der Waals surface area contributed by atoms with Gasteiger partial charge < -0.3 is 5.32 Å². The molecule has 17 heavy (non-hydrogen) atoms. The average molecular weight is 235 g/mol. The highest BCUT2D eigenvalue weighted by atomic mass is 16.2. The molecule has 0 aliphatic heterocycles. The van der Waals surface area contributed by atoms with Crippen molar-refractivity contribution in [1.82, 2.24) is 15.1 Å². The molecule has 4 heteroatoms. The van der Waals surface area contributed by atoms with Crippen molar-refractivity contribution < 1.29 is 4.79 Å². The summed E-state index contributed by atoms with van der Waals surface area (Å²) >= 11 is 0. The molecule has 0 radical (unpaired) electrons. The molecule has 1 amide bonds. The van der Waals surface area contributed by atoms with Gasteiger partial charge in [0.2, 0.25) is 0 Å². The van der Waals surface area contributed by atoms with Gasteiger partial charge in [0.05, 0.1) is 0 Å². The fraction of sp³-hybridized carbons (Fsp3) is 0.692. The third-order valence-corrected chi connectivity index (χ3v) is 3.33. The molecule has 2 rings (SSSR count). The fourth-order valence-electron chi connectivity index (χ4n) is 2.45. The maximum absolute atomic E-state index is 12.0. The van der Waals surface area contributed by atoms with Crippen molar-refractivity contribution in [2.75, 3.05) is 0 Å². The van der Waals surface area contributed by atoms with Gasteiger partial charge in [0, 0.05) is 17.8 Å². The lowest BCUT2D eigenvalue weighted by Gasteiger charge is -2.10. The molecular formula is C13H21N3O. The molecule has 0 aromatic carbocycles. The van der Waals surface area contributed by atoms with E-state index < -0.39 is 0 Å². The summed E-state index contributed by atoms with van der Waals surface area (Å²) in [7, 11) is 0. The highest BCUT2D eigenvalue weighted by Crippen LogP contribution is 2.18. The van der Waals surface area contributed by atoms with Crippen LogP contribution in [0.25, 0.3) is 0 Å². The third-order valence-electron chi connectivity index (χ3n) is 3.33. The fourth-order valence-corrected chi connectivity index (χ4v) is 2.45. The topological polar surface area (TPSA) is 46.9 Å². The summed E-state index contributed by atoms with van der Waals surface area (Å²) < 4.78 is 1.89. The van der Waals surface area contributed by atoms with E-state index in [1.807, 2.05) is 17.7 Å². The van der Waals surface area contributed by atoms with E-state index in [-0.39, 0.29) is 5.91 Å². The van der Waals surface area contributed by atoms with E-state index in [4.69, 9.17) is 0 Å². The number of hydrogen-bond donors (Lipinski definition) is 1. The quantitative estimate of drug-likeness (QED) is 0.874. The van der Waals surface area contributed by atoms with Gasteiger partial charge in [-0.1, -0.05) is 12.8 Å². The number of rotatable bonds is 3. The van der Waals surface area contributed by atoms with Crippen LogP contribution in [0.15, 0.2) is 6.07 Å². The zero-order chi connectivity index (χ0) is 12.4. The number of nitrogens with zero attached hydrogens (tertiary/aromatic N) is 2. The molecule has 1 aliphatic rings. The Hall–Kier alpha value is -1.32. The molecule has 94 valence electrons. The van der Waals surface area contributed by atoms with Gasteiger partial charge in [0.25, 0.3) is 5.91 Å². The highest BCUT2D eigenvalue weighted by Gasteiger charge is 2.20. The first-order chi connectivity index (χ1) is 8.08. The van der Waals surface area contributed by atoms with E-state index in [9.17, 15) is 4.79 Å². The van der Waals surface area contributed by atoms with Crippen LogP contribution in [0.5, 0.6) is 0 Å². The van der Waals surface area contributed by atoms with Crippen molar-refractivity contribution in [1.29, 1.82) is 0 Å². The van der Waals surface area contributed by atoms with Crippen LogP contribution in [0.1, 0.15) is 61.8 Å². The Labute approximate surface area is 102 Å². The molecule has 0 atom stereocenters. The van der Waals surface area contributed by atoms with Crippen molar-refractivity contribution in [3.63, 3.8) is 0 Å². The first kappa shape index (κ1) is 12.1. The molecule has 4 nitrogen and oxygen atoms in total. The Kier molecular flexibility index (Phi) is 3.50. The standard InChI is InChI=1S/C13H21N3O/c1-9(2)16-10(3)8-12(15-16)13(17)14-11-6-4-5-7-11/h8-9,11H,4-7H2,1-3H3,(H,14,17). The molecule has 1 fully saturated rings. The Balaban J connectivity index is 2.05. The Morgan fingerprint density at radius 1 is 1.47 bits per heavy atom. The largest absolute Gasteiger partial charge is 0.348 e. The second-order valence-electron chi connectivity index (χ2n) is 5.16. The van der Waals surface area contributed by atoms with Crippen LogP contribution in [0, 0.1) is 6.92 Å². The second-order valence-corrected chi connectivity index (χ2v) is 5.16. The van der Waals surface area contributed by atoms with Crippen molar-refractivity contribution in [2.45, 2.75) is 58.5 Å². The van der Waals surface area contributed by atoms with Gasteiger partial charge in [-0.05, 0) is 39.7 Å². The molecule has 0 bridgehead atoms. The minimum atomic E-state index is -0.0283. The molecule has 1 aromatic heterocycles. The molecule has 0 spiro atoms. The Bertz CT molecular complexity index is 403. The van der Waals surface area contributed by atoms with E-state index in [1.54, 1.807) is 0 Å². The zero-order valence-corrected chi connectivity index (χ0v) is 10.9. The average Bonchev–Trinajstić information content (AvgIpc) is 2.86. The first-order valence-electron chi connectivity index (χ1n) is 6.45. The van der Waals surface area contributed by atoms with Crippen molar-refractivity contribution >= 4 is 5.91 Å². The summed E-state index contributed by atoms with van der Waals surface area (Å²) in [6.07, 6.45) is 4.67. The van der Waals surface area contributed by atoms with Gasteiger partial charge in [-0.2, -0.15) is 5.10 Å². The summed E-state index contributed by atoms with van der Waals surface area (Å²) in [6, 6.07) is 2.51. The molecule has 1 N–H and O–H groups in total. The van der Waals surface area contributed by atoms with Crippen LogP contribution in [0.3, 0.4) is 0 Å². The molecule has 1 saturated carbocycles. The van der Waals surface area contributed by atoms with E-state index in [0.29, 0.717) is 17.8 Å². The van der Waals surface area contributed by atoms with Crippen LogP contribution >= 0.6 is 0 Å². The van der Waals surface area contributed by atoms with Crippen LogP contribution in [0.4, 0.5) is 0 Å². The maximum atomic E-state index is 12.0. The maximum Gasteiger partial charge on any atom is 0.272 e.